The summed E-state index contributed by atoms with van der Waals surface area (Å²) in [6.07, 6.45) is 1.98. The minimum Gasteiger partial charge on any atom is -0.383 e. The summed E-state index contributed by atoms with van der Waals surface area (Å²) in [5.74, 6) is 0.516. The predicted molar refractivity (Wildman–Crippen MR) is 57.6 cm³/mol. The summed E-state index contributed by atoms with van der Waals surface area (Å²) in [6, 6.07) is 0. The van der Waals surface area contributed by atoms with Crippen molar-refractivity contribution in [2.24, 2.45) is 0 Å². The minimum absolute atomic E-state index is 0.166. The molecule has 82 valence electrons. The molecule has 0 bridgehead atoms. The quantitative estimate of drug-likeness (QED) is 0.558. The van der Waals surface area contributed by atoms with Gasteiger partial charge in [-0.2, -0.15) is 0 Å². The Kier molecular flexibility index (Phi) is 4.45. The molecule has 6 heteroatoms. The van der Waals surface area contributed by atoms with Crippen molar-refractivity contribution in [3.05, 3.63) is 17.0 Å². The van der Waals surface area contributed by atoms with E-state index in [2.05, 4.69) is 9.97 Å². The molecule has 1 aromatic heterocycles. The van der Waals surface area contributed by atoms with Crippen LogP contribution in [0.15, 0.2) is 6.33 Å². The second-order valence-electron chi connectivity index (χ2n) is 2.93. The van der Waals surface area contributed by atoms with E-state index in [-0.39, 0.29) is 5.15 Å². The van der Waals surface area contributed by atoms with Crippen LogP contribution in [0.4, 0.5) is 5.82 Å². The summed E-state index contributed by atoms with van der Waals surface area (Å²) in [5.41, 5.74) is 0.303. The number of carbonyl (C=O) groups is 1. The number of aldehydes is 1. The standard InChI is InChI=1S/C9H12ClN3O2/c1-13(3-4-15-2)9-7(5-14)8(10)11-6-12-9/h5-6H,3-4H2,1-2H3. The molecule has 0 fully saturated rings. The van der Waals surface area contributed by atoms with E-state index in [1.165, 1.54) is 6.33 Å². The number of rotatable bonds is 5. The highest BCUT2D eigenvalue weighted by atomic mass is 35.5. The number of aromatic nitrogens is 2. The van der Waals surface area contributed by atoms with E-state index in [1.807, 2.05) is 7.05 Å². The van der Waals surface area contributed by atoms with Gasteiger partial charge in [0.2, 0.25) is 0 Å². The Morgan fingerprint density at radius 3 is 2.93 bits per heavy atom. The molecule has 1 rings (SSSR count). The normalized spacial score (nSPS) is 10.1. The summed E-state index contributed by atoms with van der Waals surface area (Å²) in [4.78, 5) is 20.3. The molecule has 0 saturated carbocycles. The van der Waals surface area contributed by atoms with E-state index in [1.54, 1.807) is 12.0 Å². The fraction of sp³-hybridized carbons (Fsp3) is 0.444. The maximum atomic E-state index is 10.8. The van der Waals surface area contributed by atoms with Crippen LogP contribution in [-0.4, -0.2) is 43.6 Å². The monoisotopic (exact) mass is 229 g/mol. The van der Waals surface area contributed by atoms with Crippen molar-refractivity contribution < 1.29 is 9.53 Å². The second-order valence-corrected chi connectivity index (χ2v) is 3.29. The van der Waals surface area contributed by atoms with Gasteiger partial charge in [-0.05, 0) is 0 Å². The van der Waals surface area contributed by atoms with E-state index < -0.39 is 0 Å². The van der Waals surface area contributed by atoms with Crippen LogP contribution in [0.1, 0.15) is 10.4 Å². The van der Waals surface area contributed by atoms with Crippen molar-refractivity contribution >= 4 is 23.7 Å². The van der Waals surface area contributed by atoms with Crippen LogP contribution in [0.5, 0.6) is 0 Å². The number of hydrogen-bond acceptors (Lipinski definition) is 5. The average molecular weight is 230 g/mol. The molecule has 0 aromatic carbocycles. The largest absolute Gasteiger partial charge is 0.383 e. The van der Waals surface area contributed by atoms with Gasteiger partial charge in [0.1, 0.15) is 17.3 Å². The second kappa shape index (κ2) is 5.63. The highest BCUT2D eigenvalue weighted by molar-refractivity contribution is 6.32. The molecule has 0 aliphatic carbocycles. The fourth-order valence-electron chi connectivity index (χ4n) is 1.11. The summed E-state index contributed by atoms with van der Waals surface area (Å²) >= 11 is 5.77. The first kappa shape index (κ1) is 11.9. The number of likely N-dealkylation sites (N-methyl/N-ethyl adjacent to an activating group) is 1. The average Bonchev–Trinajstić information content (AvgIpc) is 2.25. The zero-order valence-electron chi connectivity index (χ0n) is 8.61. The third-order valence-corrected chi connectivity index (χ3v) is 2.23. The summed E-state index contributed by atoms with van der Waals surface area (Å²) in [7, 11) is 3.42. The molecule has 0 aliphatic heterocycles. The van der Waals surface area contributed by atoms with Crippen LogP contribution < -0.4 is 4.90 Å². The Bertz CT molecular complexity index is 346. The zero-order chi connectivity index (χ0) is 11.3. The molecule has 0 N–H and O–H groups in total. The van der Waals surface area contributed by atoms with Crippen molar-refractivity contribution in [1.82, 2.24) is 9.97 Å². The Hall–Kier alpha value is -1.20. The lowest BCUT2D eigenvalue weighted by atomic mass is 10.3. The van der Waals surface area contributed by atoms with E-state index in [9.17, 15) is 4.79 Å². The third-order valence-electron chi connectivity index (χ3n) is 1.92. The van der Waals surface area contributed by atoms with Gasteiger partial charge in [0, 0.05) is 20.7 Å². The Labute approximate surface area is 93.0 Å². The molecule has 1 heterocycles. The van der Waals surface area contributed by atoms with Crippen molar-refractivity contribution in [3.63, 3.8) is 0 Å². The van der Waals surface area contributed by atoms with Crippen LogP contribution in [0.3, 0.4) is 0 Å². The highest BCUT2D eigenvalue weighted by Gasteiger charge is 2.12. The van der Waals surface area contributed by atoms with E-state index >= 15 is 0 Å². The summed E-state index contributed by atoms with van der Waals surface area (Å²) < 4.78 is 4.93. The van der Waals surface area contributed by atoms with Gasteiger partial charge < -0.3 is 9.64 Å². The van der Waals surface area contributed by atoms with Crippen LogP contribution >= 0.6 is 11.6 Å². The summed E-state index contributed by atoms with van der Waals surface area (Å²) in [5, 5.41) is 0.166. The van der Waals surface area contributed by atoms with Gasteiger partial charge in [0.05, 0.1) is 12.2 Å². The molecule has 15 heavy (non-hydrogen) atoms. The van der Waals surface area contributed by atoms with Gasteiger partial charge in [-0.15, -0.1) is 0 Å². The molecular weight excluding hydrogens is 218 g/mol. The number of hydrogen-bond donors (Lipinski definition) is 0. The first-order valence-electron chi connectivity index (χ1n) is 4.36. The molecule has 0 aliphatic rings. The number of nitrogens with zero attached hydrogens (tertiary/aromatic N) is 3. The maximum Gasteiger partial charge on any atom is 0.156 e. The van der Waals surface area contributed by atoms with E-state index in [0.717, 1.165) is 0 Å². The van der Waals surface area contributed by atoms with Crippen LogP contribution in [0.2, 0.25) is 5.15 Å². The van der Waals surface area contributed by atoms with E-state index in [4.69, 9.17) is 16.3 Å². The van der Waals surface area contributed by atoms with Crippen molar-refractivity contribution in [2.75, 3.05) is 32.2 Å². The number of carbonyl (C=O) groups excluding carboxylic acids is 1. The highest BCUT2D eigenvalue weighted by Crippen LogP contribution is 2.19. The molecule has 0 amide bonds. The van der Waals surface area contributed by atoms with Gasteiger partial charge in [-0.1, -0.05) is 11.6 Å². The van der Waals surface area contributed by atoms with Gasteiger partial charge in [-0.3, -0.25) is 4.79 Å². The number of halogens is 1. The fourth-order valence-corrected chi connectivity index (χ4v) is 1.28. The Morgan fingerprint density at radius 1 is 1.60 bits per heavy atom. The zero-order valence-corrected chi connectivity index (χ0v) is 9.36. The first-order valence-corrected chi connectivity index (χ1v) is 4.74. The Balaban J connectivity index is 2.92. The van der Waals surface area contributed by atoms with Gasteiger partial charge in [0.15, 0.2) is 6.29 Å². The first-order chi connectivity index (χ1) is 7.20. The minimum atomic E-state index is 0.166. The number of methoxy groups -OCH3 is 1. The number of anilines is 1. The molecule has 5 nitrogen and oxygen atoms in total. The van der Waals surface area contributed by atoms with Crippen molar-refractivity contribution in [1.29, 1.82) is 0 Å². The molecular formula is C9H12ClN3O2. The Morgan fingerprint density at radius 2 is 2.33 bits per heavy atom. The predicted octanol–water partition coefficient (Wildman–Crippen LogP) is 1.03. The number of ether oxygens (including phenoxy) is 1. The van der Waals surface area contributed by atoms with E-state index in [0.29, 0.717) is 30.8 Å². The topological polar surface area (TPSA) is 55.3 Å². The lowest BCUT2D eigenvalue weighted by Gasteiger charge is -2.18. The van der Waals surface area contributed by atoms with Crippen LogP contribution in [0.25, 0.3) is 0 Å². The lowest BCUT2D eigenvalue weighted by Crippen LogP contribution is -2.24. The maximum absolute atomic E-state index is 10.8. The third kappa shape index (κ3) is 2.87. The van der Waals surface area contributed by atoms with Crippen LogP contribution in [0, 0.1) is 0 Å². The van der Waals surface area contributed by atoms with Gasteiger partial charge in [-0.25, -0.2) is 9.97 Å². The molecule has 0 spiro atoms. The van der Waals surface area contributed by atoms with Gasteiger partial charge in [0.25, 0.3) is 0 Å². The molecule has 0 atom stereocenters. The van der Waals surface area contributed by atoms with Crippen molar-refractivity contribution in [2.45, 2.75) is 0 Å². The summed E-state index contributed by atoms with van der Waals surface area (Å²) in [6.45, 7) is 1.18. The lowest BCUT2D eigenvalue weighted by molar-refractivity contribution is 0.112. The van der Waals surface area contributed by atoms with Gasteiger partial charge >= 0.3 is 0 Å². The SMILES string of the molecule is COCCN(C)c1ncnc(Cl)c1C=O. The molecule has 1 aromatic rings. The van der Waals surface area contributed by atoms with Crippen molar-refractivity contribution in [3.8, 4) is 0 Å². The molecule has 0 saturated heterocycles. The molecule has 0 unspecified atom stereocenters. The molecule has 0 radical (unpaired) electrons. The smallest absolute Gasteiger partial charge is 0.156 e. The van der Waals surface area contributed by atoms with Crippen LogP contribution in [-0.2, 0) is 4.74 Å².